The van der Waals surface area contributed by atoms with Crippen LogP contribution in [0.3, 0.4) is 0 Å². The highest BCUT2D eigenvalue weighted by Gasteiger charge is 2.09. The second-order valence-corrected chi connectivity index (χ2v) is 4.35. The van der Waals surface area contributed by atoms with Gasteiger partial charge < -0.3 is 5.11 Å². The molecule has 0 atom stereocenters. The van der Waals surface area contributed by atoms with Crippen molar-refractivity contribution < 1.29 is 18.3 Å². The maximum atomic E-state index is 10.6. The van der Waals surface area contributed by atoms with Crippen LogP contribution in [0.15, 0.2) is 0 Å². The molecule has 60 valence electrons. The van der Waals surface area contributed by atoms with Crippen LogP contribution in [0.4, 0.5) is 0 Å². The molecule has 0 rings (SSSR count). The maximum Gasteiger partial charge on any atom is 0.304 e. The van der Waals surface area contributed by atoms with Crippen LogP contribution in [-0.4, -0.2) is 31.0 Å². The minimum atomic E-state index is -3.10. The first kappa shape index (κ1) is 9.42. The molecule has 0 aromatic heterocycles. The molecule has 0 heterocycles. The summed E-state index contributed by atoms with van der Waals surface area (Å²) in [5.74, 6) is -1.31. The maximum absolute atomic E-state index is 10.6. The van der Waals surface area contributed by atoms with Crippen LogP contribution in [0.5, 0.6) is 0 Å². The number of carbonyl (C=O) groups is 1. The van der Waals surface area contributed by atoms with Gasteiger partial charge in [-0.2, -0.15) is 0 Å². The Balaban J connectivity index is 3.81. The molecule has 0 aliphatic heterocycles. The highest BCUT2D eigenvalue weighted by Crippen LogP contribution is 1.92. The molecule has 0 radical (unpaired) electrons. The lowest BCUT2D eigenvalue weighted by atomic mass is 10.5. The van der Waals surface area contributed by atoms with E-state index in [1.807, 2.05) is 0 Å². The van der Waals surface area contributed by atoms with E-state index in [0.717, 1.165) is 0 Å². The van der Waals surface area contributed by atoms with Gasteiger partial charge in [-0.05, 0) is 0 Å². The van der Waals surface area contributed by atoms with Crippen molar-refractivity contribution in [3.05, 3.63) is 0 Å². The predicted octanol–water partition coefficient (Wildman–Crippen LogP) is -0.104. The van der Waals surface area contributed by atoms with E-state index in [1.165, 1.54) is 6.92 Å². The topological polar surface area (TPSA) is 71.4 Å². The Labute approximate surface area is 59.8 Å². The summed E-state index contributed by atoms with van der Waals surface area (Å²) >= 11 is 0. The van der Waals surface area contributed by atoms with E-state index in [2.05, 4.69) is 0 Å². The van der Waals surface area contributed by atoms with Crippen molar-refractivity contribution in [3.63, 3.8) is 0 Å². The van der Waals surface area contributed by atoms with Crippen LogP contribution >= 0.6 is 0 Å². The zero-order chi connectivity index (χ0) is 8.20. The van der Waals surface area contributed by atoms with Gasteiger partial charge in [0.15, 0.2) is 9.84 Å². The van der Waals surface area contributed by atoms with Crippen LogP contribution in [-0.2, 0) is 14.6 Å². The minimum absolute atomic E-state index is 0.0142. The molecule has 0 amide bonds. The first-order valence-corrected chi connectivity index (χ1v) is 4.72. The molecule has 0 aromatic carbocycles. The highest BCUT2D eigenvalue weighted by atomic mass is 32.2. The van der Waals surface area contributed by atoms with Crippen molar-refractivity contribution in [2.75, 3.05) is 11.5 Å². The molecule has 0 spiro atoms. The molecule has 4 nitrogen and oxygen atoms in total. The second kappa shape index (κ2) is 3.55. The van der Waals surface area contributed by atoms with E-state index >= 15 is 0 Å². The van der Waals surface area contributed by atoms with Crippen LogP contribution < -0.4 is 0 Å². The first-order valence-electron chi connectivity index (χ1n) is 2.90. The number of aliphatic carboxylic acids is 1. The van der Waals surface area contributed by atoms with Gasteiger partial charge in [-0.25, -0.2) is 8.42 Å². The van der Waals surface area contributed by atoms with Crippen LogP contribution in [0.2, 0.25) is 0 Å². The van der Waals surface area contributed by atoms with E-state index in [9.17, 15) is 13.2 Å². The summed E-state index contributed by atoms with van der Waals surface area (Å²) in [5.41, 5.74) is 0. The first-order chi connectivity index (χ1) is 4.48. The zero-order valence-electron chi connectivity index (χ0n) is 5.70. The minimum Gasteiger partial charge on any atom is -0.481 e. The molecule has 1 N–H and O–H groups in total. The van der Waals surface area contributed by atoms with Crippen molar-refractivity contribution in [3.8, 4) is 0 Å². The molecular weight excluding hydrogens is 156 g/mol. The van der Waals surface area contributed by atoms with Crippen molar-refractivity contribution in [1.29, 1.82) is 0 Å². The van der Waals surface area contributed by atoms with Gasteiger partial charge in [-0.3, -0.25) is 4.79 Å². The lowest BCUT2D eigenvalue weighted by Gasteiger charge is -1.95. The summed E-state index contributed by atoms with van der Waals surface area (Å²) < 4.78 is 21.3. The number of sulfone groups is 1. The molecule has 0 aliphatic carbocycles. The van der Waals surface area contributed by atoms with Gasteiger partial charge in [0.1, 0.15) is 0 Å². The molecule has 0 aliphatic rings. The monoisotopic (exact) mass is 166 g/mol. The summed E-state index contributed by atoms with van der Waals surface area (Å²) in [6, 6.07) is 0. The Hall–Kier alpha value is -0.580. The third-order valence-electron chi connectivity index (χ3n) is 1.07. The van der Waals surface area contributed by atoms with E-state index < -0.39 is 15.8 Å². The van der Waals surface area contributed by atoms with Crippen molar-refractivity contribution in [1.82, 2.24) is 0 Å². The van der Waals surface area contributed by atoms with Gasteiger partial charge in [0.05, 0.1) is 12.2 Å². The largest absolute Gasteiger partial charge is 0.481 e. The standard InChI is InChI=1S/C5H10O4S/c1-2-10(8,9)4-3-5(6)7/h2-4H2,1H3,(H,6,7). The van der Waals surface area contributed by atoms with Crippen LogP contribution in [0, 0.1) is 0 Å². The molecule has 0 saturated carbocycles. The molecule has 5 heteroatoms. The summed E-state index contributed by atoms with van der Waals surface area (Å²) in [7, 11) is -3.10. The lowest BCUT2D eigenvalue weighted by Crippen LogP contribution is -2.12. The highest BCUT2D eigenvalue weighted by molar-refractivity contribution is 7.91. The van der Waals surface area contributed by atoms with Gasteiger partial charge in [-0.1, -0.05) is 6.92 Å². The molecular formula is C5H10O4S. The summed E-state index contributed by atoms with van der Waals surface area (Å²) in [6.45, 7) is 1.50. The smallest absolute Gasteiger partial charge is 0.304 e. The fraction of sp³-hybridized carbons (Fsp3) is 0.800. The lowest BCUT2D eigenvalue weighted by molar-refractivity contribution is -0.136. The quantitative estimate of drug-likeness (QED) is 0.632. The number of hydrogen-bond acceptors (Lipinski definition) is 3. The van der Waals surface area contributed by atoms with Crippen LogP contribution in [0.25, 0.3) is 0 Å². The van der Waals surface area contributed by atoms with Crippen molar-refractivity contribution in [2.45, 2.75) is 13.3 Å². The fourth-order valence-corrected chi connectivity index (χ4v) is 1.16. The molecule has 0 saturated heterocycles. The Morgan fingerprint density at radius 3 is 2.30 bits per heavy atom. The number of hydrogen-bond donors (Lipinski definition) is 1. The molecule has 0 aromatic rings. The molecule has 0 fully saturated rings. The Kier molecular flexibility index (Phi) is 3.35. The summed E-state index contributed by atoms with van der Waals surface area (Å²) in [4.78, 5) is 9.90. The van der Waals surface area contributed by atoms with Gasteiger partial charge in [-0.15, -0.1) is 0 Å². The van der Waals surface area contributed by atoms with E-state index in [-0.39, 0.29) is 17.9 Å². The van der Waals surface area contributed by atoms with Gasteiger partial charge >= 0.3 is 5.97 Å². The average molecular weight is 166 g/mol. The van der Waals surface area contributed by atoms with Crippen molar-refractivity contribution >= 4 is 15.8 Å². The number of carboxylic acid groups (broad SMARTS) is 1. The Bertz CT molecular complexity index is 204. The Morgan fingerprint density at radius 1 is 1.50 bits per heavy atom. The normalized spacial score (nSPS) is 11.3. The van der Waals surface area contributed by atoms with Gasteiger partial charge in [0, 0.05) is 5.75 Å². The molecule has 0 unspecified atom stereocenters. The van der Waals surface area contributed by atoms with Crippen LogP contribution in [0.1, 0.15) is 13.3 Å². The number of carboxylic acids is 1. The summed E-state index contributed by atoms with van der Waals surface area (Å²) in [5, 5.41) is 8.11. The van der Waals surface area contributed by atoms with E-state index in [4.69, 9.17) is 5.11 Å². The third kappa shape index (κ3) is 4.31. The van der Waals surface area contributed by atoms with Gasteiger partial charge in [0.2, 0.25) is 0 Å². The van der Waals surface area contributed by atoms with E-state index in [0.29, 0.717) is 0 Å². The van der Waals surface area contributed by atoms with Gasteiger partial charge in [0.25, 0.3) is 0 Å². The van der Waals surface area contributed by atoms with Crippen molar-refractivity contribution in [2.24, 2.45) is 0 Å². The second-order valence-electron chi connectivity index (χ2n) is 1.88. The van der Waals surface area contributed by atoms with E-state index in [1.54, 1.807) is 0 Å². The number of rotatable bonds is 4. The predicted molar refractivity (Wildman–Crippen MR) is 36.6 cm³/mol. The zero-order valence-corrected chi connectivity index (χ0v) is 6.52. The molecule has 0 bridgehead atoms. The Morgan fingerprint density at radius 2 is 2.00 bits per heavy atom. The SMILES string of the molecule is CCS(=O)(=O)CCC(=O)O. The summed E-state index contributed by atoms with van der Waals surface area (Å²) in [6.07, 6.45) is -0.295. The fourth-order valence-electron chi connectivity index (χ4n) is 0.387. The molecule has 10 heavy (non-hydrogen) atoms. The third-order valence-corrected chi connectivity index (χ3v) is 2.77. The average Bonchev–Trinajstić information content (AvgIpc) is 1.85.